The predicted octanol–water partition coefficient (Wildman–Crippen LogP) is 3.39. The molecule has 1 aromatic rings. The molecule has 0 aliphatic heterocycles. The van der Waals surface area contributed by atoms with Gasteiger partial charge in [0.25, 0.3) is 5.91 Å². The molecular formula is C15H21BrClNO3. The van der Waals surface area contributed by atoms with Crippen LogP contribution in [0.3, 0.4) is 0 Å². The molecule has 2 atom stereocenters. The molecule has 1 rings (SSSR count). The molecule has 2 N–H and O–H groups in total. The van der Waals surface area contributed by atoms with Gasteiger partial charge in [-0.05, 0) is 53.4 Å². The first-order valence-corrected chi connectivity index (χ1v) is 8.05. The Morgan fingerprint density at radius 1 is 1.43 bits per heavy atom. The number of hydrogen-bond acceptors (Lipinski definition) is 3. The number of rotatable bonds is 7. The van der Waals surface area contributed by atoms with Gasteiger partial charge < -0.3 is 15.2 Å². The number of nitrogens with one attached hydrogen (secondary N) is 1. The van der Waals surface area contributed by atoms with E-state index in [0.29, 0.717) is 21.7 Å². The van der Waals surface area contributed by atoms with Crippen molar-refractivity contribution in [3.05, 3.63) is 27.7 Å². The molecular weight excluding hydrogens is 358 g/mol. The van der Waals surface area contributed by atoms with Crippen LogP contribution in [0.1, 0.15) is 27.2 Å². The highest BCUT2D eigenvalue weighted by molar-refractivity contribution is 9.10. The Morgan fingerprint density at radius 3 is 2.62 bits per heavy atom. The number of benzene rings is 1. The first kappa shape index (κ1) is 18.3. The molecule has 0 aliphatic carbocycles. The van der Waals surface area contributed by atoms with Gasteiger partial charge in [0, 0.05) is 17.7 Å². The van der Waals surface area contributed by atoms with Crippen LogP contribution in [0.15, 0.2) is 22.7 Å². The maximum Gasteiger partial charge on any atom is 0.261 e. The first-order chi connectivity index (χ1) is 9.85. The number of amides is 1. The van der Waals surface area contributed by atoms with Crippen LogP contribution in [0.25, 0.3) is 0 Å². The topological polar surface area (TPSA) is 58.6 Å². The lowest BCUT2D eigenvalue weighted by Crippen LogP contribution is -2.45. The number of carbonyl (C=O) groups is 1. The summed E-state index contributed by atoms with van der Waals surface area (Å²) in [5, 5.41) is 12.5. The van der Waals surface area contributed by atoms with Gasteiger partial charge in [-0.15, -0.1) is 0 Å². The summed E-state index contributed by atoms with van der Waals surface area (Å²) in [5.41, 5.74) is 0. The maximum absolute atomic E-state index is 12.2. The summed E-state index contributed by atoms with van der Waals surface area (Å²) in [6.07, 6.45) is -0.108. The molecule has 0 heterocycles. The van der Waals surface area contributed by atoms with Crippen LogP contribution in [0.4, 0.5) is 0 Å². The Hall–Kier alpha value is -0.780. The van der Waals surface area contributed by atoms with Gasteiger partial charge in [-0.1, -0.05) is 25.4 Å². The summed E-state index contributed by atoms with van der Waals surface area (Å²) in [6.45, 7) is 5.73. The van der Waals surface area contributed by atoms with E-state index in [1.807, 2.05) is 13.8 Å². The van der Waals surface area contributed by atoms with Gasteiger partial charge >= 0.3 is 0 Å². The number of carbonyl (C=O) groups excluding carboxylic acids is 1. The highest BCUT2D eigenvalue weighted by Gasteiger charge is 2.21. The second kappa shape index (κ2) is 8.61. The standard InChI is InChI=1S/C15H21BrClNO3/c1-9(2)13(6-7-19)18-15(20)10(3)21-14-5-4-11(17)8-12(14)16/h4-5,8-10,13,19H,6-7H2,1-3H3,(H,18,20). The van der Waals surface area contributed by atoms with Crippen LogP contribution < -0.4 is 10.1 Å². The van der Waals surface area contributed by atoms with Crippen molar-refractivity contribution in [3.8, 4) is 5.75 Å². The van der Waals surface area contributed by atoms with Crippen molar-refractivity contribution in [2.75, 3.05) is 6.61 Å². The van der Waals surface area contributed by atoms with Crippen molar-refractivity contribution in [1.29, 1.82) is 0 Å². The minimum Gasteiger partial charge on any atom is -0.480 e. The third-order valence-corrected chi connectivity index (χ3v) is 3.99. The first-order valence-electron chi connectivity index (χ1n) is 6.88. The average molecular weight is 379 g/mol. The zero-order valence-electron chi connectivity index (χ0n) is 12.4. The summed E-state index contributed by atoms with van der Waals surface area (Å²) in [6, 6.07) is 5.06. The quantitative estimate of drug-likeness (QED) is 0.764. The number of ether oxygens (including phenoxy) is 1. The summed E-state index contributed by atoms with van der Waals surface area (Å²) in [5.74, 6) is 0.602. The molecule has 0 aromatic heterocycles. The average Bonchev–Trinajstić information content (AvgIpc) is 2.41. The van der Waals surface area contributed by atoms with E-state index < -0.39 is 6.10 Å². The molecule has 0 radical (unpaired) electrons. The molecule has 0 fully saturated rings. The van der Waals surface area contributed by atoms with Gasteiger partial charge in [0.05, 0.1) is 4.47 Å². The van der Waals surface area contributed by atoms with Crippen LogP contribution in [0.2, 0.25) is 5.02 Å². The zero-order valence-corrected chi connectivity index (χ0v) is 14.7. The molecule has 0 spiro atoms. The molecule has 2 unspecified atom stereocenters. The molecule has 1 amide bonds. The second-order valence-corrected chi connectivity index (χ2v) is 6.50. The van der Waals surface area contributed by atoms with Crippen molar-refractivity contribution < 1.29 is 14.6 Å². The van der Waals surface area contributed by atoms with Crippen molar-refractivity contribution in [1.82, 2.24) is 5.32 Å². The second-order valence-electron chi connectivity index (χ2n) is 5.21. The van der Waals surface area contributed by atoms with E-state index in [2.05, 4.69) is 21.2 Å². The van der Waals surface area contributed by atoms with E-state index in [-0.39, 0.29) is 24.5 Å². The largest absolute Gasteiger partial charge is 0.480 e. The molecule has 6 heteroatoms. The van der Waals surface area contributed by atoms with Gasteiger partial charge in [-0.25, -0.2) is 0 Å². The number of aliphatic hydroxyl groups is 1. The lowest BCUT2D eigenvalue weighted by Gasteiger charge is -2.24. The van der Waals surface area contributed by atoms with E-state index in [4.69, 9.17) is 21.4 Å². The Kier molecular flexibility index (Phi) is 7.49. The van der Waals surface area contributed by atoms with Crippen LogP contribution in [-0.2, 0) is 4.79 Å². The molecule has 0 saturated carbocycles. The Labute approximate surface area is 139 Å². The minimum absolute atomic E-state index is 0.0428. The van der Waals surface area contributed by atoms with Crippen LogP contribution in [-0.4, -0.2) is 29.8 Å². The molecule has 118 valence electrons. The molecule has 4 nitrogen and oxygen atoms in total. The van der Waals surface area contributed by atoms with Crippen LogP contribution in [0, 0.1) is 5.92 Å². The summed E-state index contributed by atoms with van der Waals surface area (Å²) in [4.78, 5) is 12.2. The fourth-order valence-electron chi connectivity index (χ4n) is 1.83. The fraction of sp³-hybridized carbons (Fsp3) is 0.533. The smallest absolute Gasteiger partial charge is 0.261 e. The van der Waals surface area contributed by atoms with Gasteiger partial charge in [-0.2, -0.15) is 0 Å². The highest BCUT2D eigenvalue weighted by Crippen LogP contribution is 2.28. The highest BCUT2D eigenvalue weighted by atomic mass is 79.9. The van der Waals surface area contributed by atoms with Gasteiger partial charge in [-0.3, -0.25) is 4.79 Å². The molecule has 21 heavy (non-hydrogen) atoms. The lowest BCUT2D eigenvalue weighted by molar-refractivity contribution is -0.128. The van der Waals surface area contributed by atoms with Crippen molar-refractivity contribution >= 4 is 33.4 Å². The van der Waals surface area contributed by atoms with E-state index >= 15 is 0 Å². The third-order valence-electron chi connectivity index (χ3n) is 3.14. The molecule has 0 saturated heterocycles. The summed E-state index contributed by atoms with van der Waals surface area (Å²) < 4.78 is 6.34. The third kappa shape index (κ3) is 5.85. The van der Waals surface area contributed by atoms with Crippen molar-refractivity contribution in [2.45, 2.75) is 39.3 Å². The minimum atomic E-state index is -0.637. The monoisotopic (exact) mass is 377 g/mol. The number of hydrogen-bond donors (Lipinski definition) is 2. The predicted molar refractivity (Wildman–Crippen MR) is 87.7 cm³/mol. The van der Waals surface area contributed by atoms with Crippen molar-refractivity contribution in [3.63, 3.8) is 0 Å². The lowest BCUT2D eigenvalue weighted by atomic mass is 10.0. The molecule has 0 bridgehead atoms. The fourth-order valence-corrected chi connectivity index (χ4v) is 2.60. The Bertz CT molecular complexity index is 482. The van der Waals surface area contributed by atoms with Gasteiger partial charge in [0.15, 0.2) is 6.10 Å². The van der Waals surface area contributed by atoms with Crippen molar-refractivity contribution in [2.24, 2.45) is 5.92 Å². The van der Waals surface area contributed by atoms with E-state index in [9.17, 15) is 4.79 Å². The maximum atomic E-state index is 12.2. The zero-order chi connectivity index (χ0) is 16.0. The van der Waals surface area contributed by atoms with E-state index in [0.717, 1.165) is 0 Å². The summed E-state index contributed by atoms with van der Waals surface area (Å²) in [7, 11) is 0. The Balaban J connectivity index is 2.65. The van der Waals surface area contributed by atoms with Gasteiger partial charge in [0.1, 0.15) is 5.75 Å². The van der Waals surface area contributed by atoms with Crippen LogP contribution >= 0.6 is 27.5 Å². The molecule has 0 aliphatic rings. The van der Waals surface area contributed by atoms with E-state index in [1.54, 1.807) is 25.1 Å². The summed E-state index contributed by atoms with van der Waals surface area (Å²) >= 11 is 9.22. The number of aliphatic hydroxyl groups excluding tert-OH is 1. The van der Waals surface area contributed by atoms with E-state index in [1.165, 1.54) is 0 Å². The number of halogens is 2. The Morgan fingerprint density at radius 2 is 2.10 bits per heavy atom. The van der Waals surface area contributed by atoms with Gasteiger partial charge in [0.2, 0.25) is 0 Å². The molecule has 1 aromatic carbocycles. The normalized spacial score (nSPS) is 13.9. The van der Waals surface area contributed by atoms with Crippen LogP contribution in [0.5, 0.6) is 5.75 Å². The SMILES string of the molecule is CC(Oc1ccc(Cl)cc1Br)C(=O)NC(CCO)C(C)C.